The van der Waals surface area contributed by atoms with Gasteiger partial charge in [-0.1, -0.05) is 12.1 Å². The number of likely N-dealkylation sites (N-methyl/N-ethyl adjacent to an activating group) is 1. The Balaban J connectivity index is 1.55. The van der Waals surface area contributed by atoms with E-state index in [0.717, 1.165) is 43.0 Å². The molecular formula is C17H24N6O. The Kier molecular flexibility index (Phi) is 3.71. The fourth-order valence-corrected chi connectivity index (χ4v) is 3.41. The zero-order chi connectivity index (χ0) is 16.7. The van der Waals surface area contributed by atoms with Crippen molar-refractivity contribution in [3.05, 3.63) is 41.1 Å². The summed E-state index contributed by atoms with van der Waals surface area (Å²) in [4.78, 5) is 9.22. The number of nitrogens with zero attached hydrogens (tertiary/aromatic N) is 3. The molecule has 24 heavy (non-hydrogen) atoms. The van der Waals surface area contributed by atoms with E-state index in [9.17, 15) is 0 Å². The average Bonchev–Trinajstić information content (AvgIpc) is 3.04. The summed E-state index contributed by atoms with van der Waals surface area (Å²) in [5.41, 5.74) is 16.5. The van der Waals surface area contributed by atoms with Gasteiger partial charge >= 0.3 is 0 Å². The molecule has 128 valence electrons. The minimum atomic E-state index is -1.03. The normalized spacial score (nSPS) is 27.8. The molecule has 7 heteroatoms. The summed E-state index contributed by atoms with van der Waals surface area (Å²) in [5, 5.41) is 3.29. The highest BCUT2D eigenvalue weighted by molar-refractivity contribution is 5.99. The third kappa shape index (κ3) is 2.64. The molecule has 5 N–H and O–H groups in total. The van der Waals surface area contributed by atoms with E-state index in [1.54, 1.807) is 0 Å². The van der Waals surface area contributed by atoms with E-state index < -0.39 is 5.79 Å². The van der Waals surface area contributed by atoms with Gasteiger partial charge in [0.05, 0.1) is 13.2 Å². The molecule has 7 nitrogen and oxygen atoms in total. The molecule has 0 amide bonds. The van der Waals surface area contributed by atoms with Crippen molar-refractivity contribution in [3.8, 4) is 0 Å². The largest absolute Gasteiger partial charge is 0.384 e. The summed E-state index contributed by atoms with van der Waals surface area (Å²) in [7, 11) is 2.16. The third-order valence-corrected chi connectivity index (χ3v) is 4.98. The third-order valence-electron chi connectivity index (χ3n) is 4.98. The number of benzene rings is 1. The van der Waals surface area contributed by atoms with Crippen molar-refractivity contribution < 1.29 is 4.74 Å². The predicted octanol–water partition coefficient (Wildman–Crippen LogP) is -0.248. The molecule has 0 bridgehead atoms. The predicted molar refractivity (Wildman–Crippen MR) is 94.6 cm³/mol. The van der Waals surface area contributed by atoms with Crippen molar-refractivity contribution in [2.75, 3.05) is 51.3 Å². The Morgan fingerprint density at radius 2 is 1.83 bits per heavy atom. The summed E-state index contributed by atoms with van der Waals surface area (Å²) in [6, 6.07) is 8.27. The maximum absolute atomic E-state index is 6.48. The quantitative estimate of drug-likeness (QED) is 0.693. The van der Waals surface area contributed by atoms with Crippen LogP contribution < -0.4 is 21.7 Å². The molecule has 3 aliphatic rings. The molecule has 1 unspecified atom stereocenters. The number of amidine groups is 1. The van der Waals surface area contributed by atoms with E-state index in [2.05, 4.69) is 39.3 Å². The molecule has 0 aromatic heterocycles. The van der Waals surface area contributed by atoms with Crippen LogP contribution in [0.25, 0.3) is 0 Å². The van der Waals surface area contributed by atoms with Crippen LogP contribution in [-0.2, 0) is 10.5 Å². The summed E-state index contributed by atoms with van der Waals surface area (Å²) in [5.74, 6) is -0.566. The van der Waals surface area contributed by atoms with E-state index in [0.29, 0.717) is 19.0 Å². The number of piperazine rings is 1. The second-order valence-corrected chi connectivity index (χ2v) is 6.68. The van der Waals surface area contributed by atoms with Gasteiger partial charge in [-0.25, -0.2) is 4.99 Å². The number of hydrogen-bond donors (Lipinski definition) is 3. The number of nitrogens with two attached hydrogens (primary N) is 2. The molecule has 1 aromatic rings. The number of anilines is 1. The van der Waals surface area contributed by atoms with Crippen molar-refractivity contribution in [3.63, 3.8) is 0 Å². The van der Waals surface area contributed by atoms with Gasteiger partial charge in [-0.15, -0.1) is 0 Å². The summed E-state index contributed by atoms with van der Waals surface area (Å²) < 4.78 is 5.43. The Labute approximate surface area is 141 Å². The second-order valence-electron chi connectivity index (χ2n) is 6.68. The summed E-state index contributed by atoms with van der Waals surface area (Å²) in [6.45, 7) is 5.25. The fraction of sp³-hybridized carbons (Fsp3) is 0.471. The van der Waals surface area contributed by atoms with Crippen LogP contribution in [0, 0.1) is 0 Å². The Hall–Kier alpha value is -2.09. The number of hydrogen-bond acceptors (Lipinski definition) is 7. The monoisotopic (exact) mass is 328 g/mol. The van der Waals surface area contributed by atoms with Gasteiger partial charge in [-0.2, -0.15) is 0 Å². The highest BCUT2D eigenvalue weighted by Crippen LogP contribution is 2.28. The smallest absolute Gasteiger partial charge is 0.211 e. The fourth-order valence-electron chi connectivity index (χ4n) is 3.41. The van der Waals surface area contributed by atoms with E-state index in [1.165, 1.54) is 5.69 Å². The van der Waals surface area contributed by atoms with Gasteiger partial charge in [0, 0.05) is 48.7 Å². The van der Waals surface area contributed by atoms with Crippen molar-refractivity contribution in [2.24, 2.45) is 16.5 Å². The first-order valence-electron chi connectivity index (χ1n) is 8.32. The van der Waals surface area contributed by atoms with Crippen molar-refractivity contribution in [2.45, 2.75) is 5.79 Å². The average molecular weight is 328 g/mol. The van der Waals surface area contributed by atoms with Crippen molar-refractivity contribution in [1.29, 1.82) is 0 Å². The van der Waals surface area contributed by atoms with Crippen molar-refractivity contribution in [1.82, 2.24) is 10.2 Å². The van der Waals surface area contributed by atoms with Gasteiger partial charge in [0.25, 0.3) is 0 Å². The molecule has 0 saturated carbocycles. The lowest BCUT2D eigenvalue weighted by Gasteiger charge is -2.35. The lowest BCUT2D eigenvalue weighted by Crippen LogP contribution is -2.52. The molecule has 1 aromatic carbocycles. The standard InChI is InChI=1S/C17H24N6O/c1-22-6-8-23(9-7-22)13-4-2-12(3-5-13)17(19)20-15-11-24-10-14(15)16(18)21-17/h2-5,20H,6-11,19H2,1H3,(H2,18,21). The lowest BCUT2D eigenvalue weighted by atomic mass is 10.0. The lowest BCUT2D eigenvalue weighted by molar-refractivity contribution is 0.200. The molecule has 0 aliphatic carbocycles. The Morgan fingerprint density at radius 1 is 1.12 bits per heavy atom. The van der Waals surface area contributed by atoms with E-state index >= 15 is 0 Å². The van der Waals surface area contributed by atoms with Crippen LogP contribution in [0.1, 0.15) is 5.56 Å². The van der Waals surface area contributed by atoms with Crippen LogP contribution >= 0.6 is 0 Å². The molecule has 0 radical (unpaired) electrons. The Morgan fingerprint density at radius 3 is 2.54 bits per heavy atom. The molecule has 4 rings (SSSR count). The zero-order valence-corrected chi connectivity index (χ0v) is 14.0. The van der Waals surface area contributed by atoms with Gasteiger partial charge < -0.3 is 25.6 Å². The van der Waals surface area contributed by atoms with Gasteiger partial charge in [0.1, 0.15) is 5.84 Å². The van der Waals surface area contributed by atoms with Gasteiger partial charge in [0.2, 0.25) is 5.79 Å². The maximum Gasteiger partial charge on any atom is 0.211 e. The zero-order valence-electron chi connectivity index (χ0n) is 14.0. The van der Waals surface area contributed by atoms with E-state index in [1.807, 2.05) is 12.1 Å². The van der Waals surface area contributed by atoms with Crippen LogP contribution in [0.2, 0.25) is 0 Å². The van der Waals surface area contributed by atoms with Gasteiger partial charge in [-0.3, -0.25) is 5.73 Å². The first-order chi connectivity index (χ1) is 11.5. The number of nitrogens with one attached hydrogen (secondary N) is 1. The van der Waals surface area contributed by atoms with E-state index in [-0.39, 0.29) is 0 Å². The minimum absolute atomic E-state index is 0.465. The maximum atomic E-state index is 6.48. The molecule has 1 saturated heterocycles. The van der Waals surface area contributed by atoms with Crippen LogP contribution in [0.3, 0.4) is 0 Å². The molecule has 0 spiro atoms. The van der Waals surface area contributed by atoms with Gasteiger partial charge in [0.15, 0.2) is 0 Å². The number of ether oxygens (including phenoxy) is 1. The Bertz CT molecular complexity index is 690. The second kappa shape index (κ2) is 5.77. The first kappa shape index (κ1) is 15.4. The summed E-state index contributed by atoms with van der Waals surface area (Å²) in [6.07, 6.45) is 0. The van der Waals surface area contributed by atoms with Crippen LogP contribution in [0.15, 0.2) is 40.5 Å². The van der Waals surface area contributed by atoms with Crippen LogP contribution in [-0.4, -0.2) is 57.2 Å². The minimum Gasteiger partial charge on any atom is -0.384 e. The molecule has 3 heterocycles. The number of rotatable bonds is 2. The number of aliphatic imine (C=N–C) groups is 1. The first-order valence-corrected chi connectivity index (χ1v) is 8.32. The molecule has 1 fully saturated rings. The highest BCUT2D eigenvalue weighted by atomic mass is 16.5. The van der Waals surface area contributed by atoms with Crippen LogP contribution in [0.4, 0.5) is 5.69 Å². The highest BCUT2D eigenvalue weighted by Gasteiger charge is 2.35. The molecular weight excluding hydrogens is 304 g/mol. The molecule has 3 aliphatic heterocycles. The van der Waals surface area contributed by atoms with E-state index in [4.69, 9.17) is 16.2 Å². The topological polar surface area (TPSA) is 92.1 Å². The molecule has 1 atom stereocenters. The summed E-state index contributed by atoms with van der Waals surface area (Å²) >= 11 is 0. The van der Waals surface area contributed by atoms with Crippen LogP contribution in [0.5, 0.6) is 0 Å². The van der Waals surface area contributed by atoms with Gasteiger partial charge in [-0.05, 0) is 19.2 Å². The SMILES string of the molecule is CN1CCN(c2ccc(C3(N)N=C(N)C4=C(COC4)N3)cc2)CC1. The van der Waals surface area contributed by atoms with Crippen molar-refractivity contribution >= 4 is 11.5 Å².